The highest BCUT2D eigenvalue weighted by Crippen LogP contribution is 2.22. The van der Waals surface area contributed by atoms with E-state index in [0.717, 1.165) is 37.8 Å². The number of nitrogens with one attached hydrogen (secondary N) is 1. The largest absolute Gasteiger partial charge is 0.461 e. The van der Waals surface area contributed by atoms with E-state index in [-0.39, 0.29) is 0 Å². The number of nitrogens with zero attached hydrogens (tertiary/aromatic N) is 6. The van der Waals surface area contributed by atoms with Crippen molar-refractivity contribution in [2.24, 2.45) is 0 Å². The molecular formula is C21H22N7OS+. The predicted molar refractivity (Wildman–Crippen MR) is 115 cm³/mol. The lowest BCUT2D eigenvalue weighted by atomic mass is 10.3. The maximum absolute atomic E-state index is 5.82. The normalized spacial score (nSPS) is 14.9. The van der Waals surface area contributed by atoms with Crippen molar-refractivity contribution in [1.29, 1.82) is 0 Å². The van der Waals surface area contributed by atoms with E-state index >= 15 is 0 Å². The molecule has 0 atom stereocenters. The Morgan fingerprint density at radius 1 is 0.967 bits per heavy atom. The molecule has 9 heteroatoms. The molecule has 1 aromatic carbocycles. The van der Waals surface area contributed by atoms with Crippen molar-refractivity contribution < 1.29 is 9.32 Å². The summed E-state index contributed by atoms with van der Waals surface area (Å²) in [6.45, 7) is 4.44. The predicted octanol–water partition coefficient (Wildman–Crippen LogP) is 1.82. The highest BCUT2D eigenvalue weighted by molar-refractivity contribution is 7.71. The Kier molecular flexibility index (Phi) is 5.12. The van der Waals surface area contributed by atoms with Gasteiger partial charge in [0.2, 0.25) is 16.5 Å². The van der Waals surface area contributed by atoms with Crippen molar-refractivity contribution >= 4 is 18.2 Å². The van der Waals surface area contributed by atoms with Gasteiger partial charge in [0.25, 0.3) is 0 Å². The molecule has 0 spiro atoms. The number of anilines is 1. The van der Waals surface area contributed by atoms with Crippen LogP contribution in [0.4, 0.5) is 5.95 Å². The van der Waals surface area contributed by atoms with Crippen LogP contribution in [-0.2, 0) is 6.67 Å². The number of rotatable bonds is 5. The van der Waals surface area contributed by atoms with E-state index < -0.39 is 0 Å². The number of hydrogen-bond donors (Lipinski definition) is 1. The summed E-state index contributed by atoms with van der Waals surface area (Å²) in [5.41, 5.74) is 0.973. The highest BCUT2D eigenvalue weighted by atomic mass is 32.1. The zero-order valence-electron chi connectivity index (χ0n) is 16.4. The first-order chi connectivity index (χ1) is 14.8. The summed E-state index contributed by atoms with van der Waals surface area (Å²) in [5, 5.41) is 4.82. The quantitative estimate of drug-likeness (QED) is 0.497. The first kappa shape index (κ1) is 18.7. The van der Waals surface area contributed by atoms with Gasteiger partial charge >= 0.3 is 0 Å². The Labute approximate surface area is 179 Å². The third-order valence-corrected chi connectivity index (χ3v) is 5.67. The van der Waals surface area contributed by atoms with Crippen LogP contribution in [0.5, 0.6) is 0 Å². The summed E-state index contributed by atoms with van der Waals surface area (Å²) in [6.07, 6.45) is 5.23. The molecule has 152 valence electrons. The lowest BCUT2D eigenvalue weighted by molar-refractivity contribution is -0.924. The van der Waals surface area contributed by atoms with Gasteiger partial charge in [-0.3, -0.25) is 4.57 Å². The van der Waals surface area contributed by atoms with Crippen LogP contribution in [0.2, 0.25) is 0 Å². The number of quaternary nitrogens is 1. The van der Waals surface area contributed by atoms with Gasteiger partial charge in [0.05, 0.1) is 38.1 Å². The molecule has 4 heterocycles. The molecule has 1 saturated heterocycles. The van der Waals surface area contributed by atoms with Crippen molar-refractivity contribution in [1.82, 2.24) is 24.3 Å². The highest BCUT2D eigenvalue weighted by Gasteiger charge is 2.24. The molecule has 0 aliphatic carbocycles. The van der Waals surface area contributed by atoms with Crippen LogP contribution in [0.15, 0.2) is 71.6 Å². The molecule has 0 bridgehead atoms. The monoisotopic (exact) mass is 420 g/mol. The van der Waals surface area contributed by atoms with Crippen molar-refractivity contribution in [2.45, 2.75) is 6.67 Å². The zero-order valence-corrected chi connectivity index (χ0v) is 17.2. The maximum Gasteiger partial charge on any atom is 0.225 e. The van der Waals surface area contributed by atoms with Gasteiger partial charge in [0.15, 0.2) is 12.4 Å². The van der Waals surface area contributed by atoms with Gasteiger partial charge in [-0.25, -0.2) is 9.97 Å². The number of para-hydroxylation sites is 1. The molecule has 5 rings (SSSR count). The number of aromatic nitrogens is 5. The average molecular weight is 421 g/mol. The summed E-state index contributed by atoms with van der Waals surface area (Å²) in [5.74, 6) is 2.21. The average Bonchev–Trinajstić information content (AvgIpc) is 3.44. The van der Waals surface area contributed by atoms with Crippen LogP contribution >= 0.6 is 12.2 Å². The minimum absolute atomic E-state index is 0.661. The summed E-state index contributed by atoms with van der Waals surface area (Å²) >= 11 is 5.82. The first-order valence-corrected chi connectivity index (χ1v) is 10.3. The molecule has 1 aliphatic rings. The van der Waals surface area contributed by atoms with Crippen LogP contribution in [0.3, 0.4) is 0 Å². The van der Waals surface area contributed by atoms with Crippen molar-refractivity contribution in [3.8, 4) is 17.3 Å². The maximum atomic E-state index is 5.82. The fourth-order valence-electron chi connectivity index (χ4n) is 3.73. The summed E-state index contributed by atoms with van der Waals surface area (Å²) in [4.78, 5) is 12.4. The van der Waals surface area contributed by atoms with E-state index in [4.69, 9.17) is 21.7 Å². The molecule has 1 fully saturated rings. The van der Waals surface area contributed by atoms with Gasteiger partial charge in [-0.15, -0.1) is 5.10 Å². The second-order valence-electron chi connectivity index (χ2n) is 7.20. The number of piperazine rings is 1. The molecule has 0 amide bonds. The van der Waals surface area contributed by atoms with E-state index in [2.05, 4.69) is 14.9 Å². The van der Waals surface area contributed by atoms with E-state index in [1.807, 2.05) is 57.8 Å². The fourth-order valence-corrected chi connectivity index (χ4v) is 4.03. The van der Waals surface area contributed by atoms with E-state index in [1.54, 1.807) is 18.7 Å². The van der Waals surface area contributed by atoms with Gasteiger partial charge in [0.1, 0.15) is 0 Å². The van der Waals surface area contributed by atoms with E-state index in [9.17, 15) is 0 Å². The number of hydrogen-bond acceptors (Lipinski definition) is 6. The minimum atomic E-state index is 0.661. The topological polar surface area (TPSA) is 69.3 Å². The Bertz CT molecular complexity index is 1150. The fraction of sp³-hybridized carbons (Fsp3) is 0.238. The SMILES string of the molecule is S=c1n(C[NH+]2CCN(c3ncccn3)CC2)nc(-c2ccco2)n1-c1ccccc1. The van der Waals surface area contributed by atoms with Gasteiger partial charge in [-0.2, -0.15) is 4.68 Å². The molecule has 0 radical (unpaired) electrons. The van der Waals surface area contributed by atoms with Crippen LogP contribution in [0.1, 0.15) is 0 Å². The third-order valence-electron chi connectivity index (χ3n) is 5.27. The van der Waals surface area contributed by atoms with Crippen LogP contribution in [0.25, 0.3) is 17.3 Å². The number of furan rings is 1. The van der Waals surface area contributed by atoms with Gasteiger partial charge in [-0.1, -0.05) is 18.2 Å². The Morgan fingerprint density at radius 3 is 2.43 bits per heavy atom. The summed E-state index contributed by atoms with van der Waals surface area (Å²) in [7, 11) is 0. The summed E-state index contributed by atoms with van der Waals surface area (Å²) < 4.78 is 10.2. The van der Waals surface area contributed by atoms with Crippen LogP contribution in [0, 0.1) is 4.77 Å². The minimum Gasteiger partial charge on any atom is -0.461 e. The number of benzene rings is 1. The standard InChI is InChI=1S/C21H21N7OS/c30-21-27(16-25-11-13-26(14-12-25)20-22-9-5-10-23-20)24-19(18-8-4-15-29-18)28(21)17-6-2-1-3-7-17/h1-10,15H,11-14,16H2/p+1. The van der Waals surface area contributed by atoms with Gasteiger partial charge in [0, 0.05) is 12.4 Å². The molecule has 8 nitrogen and oxygen atoms in total. The van der Waals surface area contributed by atoms with E-state index in [0.29, 0.717) is 23.0 Å². The zero-order chi connectivity index (χ0) is 20.3. The molecule has 1 N–H and O–H groups in total. The van der Waals surface area contributed by atoms with Crippen molar-refractivity contribution in [3.63, 3.8) is 0 Å². The lowest BCUT2D eigenvalue weighted by Crippen LogP contribution is -3.14. The van der Waals surface area contributed by atoms with E-state index in [1.165, 1.54) is 4.90 Å². The van der Waals surface area contributed by atoms with Crippen molar-refractivity contribution in [3.05, 3.63) is 72.0 Å². The molecule has 0 unspecified atom stereocenters. The Morgan fingerprint density at radius 2 is 1.73 bits per heavy atom. The molecular weight excluding hydrogens is 398 g/mol. The van der Waals surface area contributed by atoms with Crippen molar-refractivity contribution in [2.75, 3.05) is 31.1 Å². The van der Waals surface area contributed by atoms with Crippen LogP contribution in [-0.4, -0.2) is 50.5 Å². The smallest absolute Gasteiger partial charge is 0.225 e. The second-order valence-corrected chi connectivity index (χ2v) is 7.56. The molecule has 30 heavy (non-hydrogen) atoms. The lowest BCUT2D eigenvalue weighted by Gasteiger charge is -2.31. The second kappa shape index (κ2) is 8.21. The van der Waals surface area contributed by atoms with Crippen LogP contribution < -0.4 is 9.80 Å². The summed E-state index contributed by atoms with van der Waals surface area (Å²) in [6, 6.07) is 15.7. The van der Waals surface area contributed by atoms with Gasteiger partial charge < -0.3 is 14.2 Å². The molecule has 4 aromatic rings. The molecule has 0 saturated carbocycles. The molecule has 1 aliphatic heterocycles. The Hall–Kier alpha value is -3.30. The third kappa shape index (κ3) is 3.64. The van der Waals surface area contributed by atoms with Gasteiger partial charge in [-0.05, 0) is 42.5 Å². The Balaban J connectivity index is 1.39. The first-order valence-electron chi connectivity index (χ1n) is 9.94. The molecule has 3 aromatic heterocycles.